The quantitative estimate of drug-likeness (QED) is 0.943. The van der Waals surface area contributed by atoms with Crippen LogP contribution in [0.4, 0.5) is 0 Å². The molecule has 0 aromatic heterocycles. The molecule has 2 aromatic carbocycles. The molecule has 3 nitrogen and oxygen atoms in total. The van der Waals surface area contributed by atoms with E-state index in [1.165, 1.54) is 6.07 Å². The lowest BCUT2D eigenvalue weighted by Crippen LogP contribution is -2.14. The Bertz CT molecular complexity index is 668. The zero-order valence-electron chi connectivity index (χ0n) is 9.51. The third-order valence-corrected chi connectivity index (χ3v) is 4.40. The summed E-state index contributed by atoms with van der Waals surface area (Å²) in [4.78, 5) is 0.181. The predicted molar refractivity (Wildman–Crippen MR) is 74.8 cm³/mol. The third-order valence-electron chi connectivity index (χ3n) is 2.62. The Morgan fingerprint density at radius 1 is 0.944 bits per heavy atom. The summed E-state index contributed by atoms with van der Waals surface area (Å²) in [5, 5.41) is 5.21. The molecule has 0 amide bonds. The number of sulfonamides is 1. The monoisotopic (exact) mass is 325 g/mol. The van der Waals surface area contributed by atoms with Crippen LogP contribution in [0, 0.1) is 0 Å². The molecule has 0 fully saturated rings. The predicted octanol–water partition coefficient (Wildman–Crippen LogP) is 2.69. The van der Waals surface area contributed by atoms with Gasteiger partial charge in [0.2, 0.25) is 10.0 Å². The second-order valence-corrected chi connectivity index (χ2v) is 6.31. The van der Waals surface area contributed by atoms with Crippen LogP contribution in [-0.2, 0) is 16.4 Å². The summed E-state index contributed by atoms with van der Waals surface area (Å²) in [6, 6.07) is 14.5. The first-order chi connectivity index (χ1) is 8.48. The van der Waals surface area contributed by atoms with Crippen molar-refractivity contribution in [2.24, 2.45) is 5.14 Å². The zero-order chi connectivity index (χ0) is 13.2. The summed E-state index contributed by atoms with van der Waals surface area (Å²) >= 11 is 3.45. The maximum atomic E-state index is 11.5. The summed E-state index contributed by atoms with van der Waals surface area (Å²) in [5.41, 5.74) is 1.72. The van der Waals surface area contributed by atoms with Crippen molar-refractivity contribution in [2.45, 2.75) is 11.3 Å². The van der Waals surface area contributed by atoms with Gasteiger partial charge in [0.1, 0.15) is 0 Å². The smallest absolute Gasteiger partial charge is 0.225 e. The molecule has 0 bridgehead atoms. The lowest BCUT2D eigenvalue weighted by atomic mass is 10.1. The van der Waals surface area contributed by atoms with Gasteiger partial charge in [-0.25, -0.2) is 13.6 Å². The van der Waals surface area contributed by atoms with Crippen molar-refractivity contribution in [3.05, 3.63) is 64.1 Å². The van der Waals surface area contributed by atoms with Gasteiger partial charge < -0.3 is 0 Å². The largest absolute Gasteiger partial charge is 0.238 e. The summed E-state index contributed by atoms with van der Waals surface area (Å²) in [7, 11) is -3.68. The molecule has 0 spiro atoms. The first kappa shape index (κ1) is 13.3. The van der Waals surface area contributed by atoms with E-state index in [1.807, 2.05) is 24.3 Å². The minimum absolute atomic E-state index is 0.181. The molecule has 0 unspecified atom stereocenters. The number of rotatable bonds is 3. The topological polar surface area (TPSA) is 60.2 Å². The molecule has 0 saturated carbocycles. The highest BCUT2D eigenvalue weighted by molar-refractivity contribution is 9.10. The number of hydrogen-bond donors (Lipinski definition) is 1. The molecule has 0 saturated heterocycles. The summed E-state index contributed by atoms with van der Waals surface area (Å²) in [6.45, 7) is 0. The second-order valence-electron chi connectivity index (χ2n) is 3.92. The first-order valence-electron chi connectivity index (χ1n) is 5.32. The van der Waals surface area contributed by atoms with E-state index in [9.17, 15) is 8.42 Å². The Balaban J connectivity index is 2.45. The molecule has 0 heterocycles. The molecule has 18 heavy (non-hydrogen) atoms. The molecular weight excluding hydrogens is 314 g/mol. The van der Waals surface area contributed by atoms with Gasteiger partial charge in [-0.1, -0.05) is 52.3 Å². The number of nitrogens with two attached hydrogens (primary N) is 1. The standard InChI is InChI=1S/C13H12BrNO2S/c14-12-7-3-1-5-10(12)9-11-6-2-4-8-13(11)18(15,16)17/h1-8H,9H2,(H2,15,16,17). The Hall–Kier alpha value is -1.17. The van der Waals surface area contributed by atoms with Gasteiger partial charge in [-0.05, 0) is 29.7 Å². The number of primary sulfonamides is 1. The molecule has 2 rings (SSSR count). The molecule has 2 N–H and O–H groups in total. The van der Waals surface area contributed by atoms with Gasteiger partial charge in [0, 0.05) is 4.47 Å². The summed E-state index contributed by atoms with van der Waals surface area (Å²) < 4.78 is 23.9. The van der Waals surface area contributed by atoms with Crippen molar-refractivity contribution in [1.82, 2.24) is 0 Å². The molecule has 2 aromatic rings. The van der Waals surface area contributed by atoms with Crippen molar-refractivity contribution >= 4 is 26.0 Å². The van der Waals surface area contributed by atoms with Gasteiger partial charge in [0.05, 0.1) is 4.90 Å². The van der Waals surface area contributed by atoms with Gasteiger partial charge in [0.15, 0.2) is 0 Å². The van der Waals surface area contributed by atoms with Crippen LogP contribution < -0.4 is 5.14 Å². The molecule has 0 aliphatic rings. The molecule has 0 atom stereocenters. The Morgan fingerprint density at radius 2 is 1.50 bits per heavy atom. The number of halogens is 1. The van der Waals surface area contributed by atoms with Crippen LogP contribution in [0.3, 0.4) is 0 Å². The van der Waals surface area contributed by atoms with Crippen molar-refractivity contribution < 1.29 is 8.42 Å². The van der Waals surface area contributed by atoms with Crippen LogP contribution in [0.25, 0.3) is 0 Å². The zero-order valence-corrected chi connectivity index (χ0v) is 11.9. The van der Waals surface area contributed by atoms with Crippen LogP contribution in [0.15, 0.2) is 57.9 Å². The van der Waals surface area contributed by atoms with Gasteiger partial charge in [-0.3, -0.25) is 0 Å². The van der Waals surface area contributed by atoms with Gasteiger partial charge >= 0.3 is 0 Å². The van der Waals surface area contributed by atoms with Gasteiger partial charge in [-0.2, -0.15) is 0 Å². The molecule has 0 aliphatic carbocycles. The lowest BCUT2D eigenvalue weighted by Gasteiger charge is -2.08. The van der Waals surface area contributed by atoms with Crippen molar-refractivity contribution in [1.29, 1.82) is 0 Å². The average molecular weight is 326 g/mol. The van der Waals surface area contributed by atoms with E-state index in [0.717, 1.165) is 10.0 Å². The SMILES string of the molecule is NS(=O)(=O)c1ccccc1Cc1ccccc1Br. The maximum Gasteiger partial charge on any atom is 0.238 e. The Morgan fingerprint density at radius 3 is 2.11 bits per heavy atom. The van der Waals surface area contributed by atoms with Crippen LogP contribution >= 0.6 is 15.9 Å². The first-order valence-corrected chi connectivity index (χ1v) is 7.66. The molecule has 0 radical (unpaired) electrons. The summed E-state index contributed by atoms with van der Waals surface area (Å²) in [5.74, 6) is 0. The highest BCUT2D eigenvalue weighted by Crippen LogP contribution is 2.22. The number of benzene rings is 2. The molecule has 94 valence electrons. The van der Waals surface area contributed by atoms with E-state index in [1.54, 1.807) is 18.2 Å². The summed E-state index contributed by atoms with van der Waals surface area (Å²) in [6.07, 6.45) is 0.522. The average Bonchev–Trinajstić information content (AvgIpc) is 2.31. The normalized spacial score (nSPS) is 11.4. The fourth-order valence-electron chi connectivity index (χ4n) is 1.77. The van der Waals surface area contributed by atoms with E-state index in [4.69, 9.17) is 5.14 Å². The number of hydrogen-bond acceptors (Lipinski definition) is 2. The fraction of sp³-hybridized carbons (Fsp3) is 0.0769. The van der Waals surface area contributed by atoms with Gasteiger partial charge in [0.25, 0.3) is 0 Å². The minimum Gasteiger partial charge on any atom is -0.225 e. The van der Waals surface area contributed by atoms with Crippen LogP contribution in [0.5, 0.6) is 0 Å². The van der Waals surface area contributed by atoms with Crippen molar-refractivity contribution in [3.63, 3.8) is 0 Å². The van der Waals surface area contributed by atoms with Crippen molar-refractivity contribution in [3.8, 4) is 0 Å². The third kappa shape index (κ3) is 2.98. The van der Waals surface area contributed by atoms with Crippen molar-refractivity contribution in [2.75, 3.05) is 0 Å². The van der Waals surface area contributed by atoms with Crippen LogP contribution in [-0.4, -0.2) is 8.42 Å². The highest BCUT2D eigenvalue weighted by Gasteiger charge is 2.13. The fourth-order valence-corrected chi connectivity index (χ4v) is 2.97. The highest BCUT2D eigenvalue weighted by atomic mass is 79.9. The second kappa shape index (κ2) is 5.22. The minimum atomic E-state index is -3.68. The Labute approximate surface area is 115 Å². The maximum absolute atomic E-state index is 11.5. The van der Waals surface area contributed by atoms with E-state index in [2.05, 4.69) is 15.9 Å². The Kier molecular flexibility index (Phi) is 3.85. The molecular formula is C13H12BrNO2S. The van der Waals surface area contributed by atoms with E-state index in [0.29, 0.717) is 12.0 Å². The van der Waals surface area contributed by atoms with E-state index < -0.39 is 10.0 Å². The van der Waals surface area contributed by atoms with E-state index >= 15 is 0 Å². The molecule has 0 aliphatic heterocycles. The lowest BCUT2D eigenvalue weighted by molar-refractivity contribution is 0.597. The van der Waals surface area contributed by atoms with E-state index in [-0.39, 0.29) is 4.90 Å². The van der Waals surface area contributed by atoms with Crippen LogP contribution in [0.2, 0.25) is 0 Å². The molecule has 5 heteroatoms. The van der Waals surface area contributed by atoms with Crippen LogP contribution in [0.1, 0.15) is 11.1 Å². The van der Waals surface area contributed by atoms with Gasteiger partial charge in [-0.15, -0.1) is 0 Å².